The van der Waals surface area contributed by atoms with Gasteiger partial charge in [-0.25, -0.2) is 9.97 Å². The molecule has 4 aromatic rings. The predicted octanol–water partition coefficient (Wildman–Crippen LogP) is 3.58. The summed E-state index contributed by atoms with van der Waals surface area (Å²) in [4.78, 5) is 27.8. The largest absolute Gasteiger partial charge is 0.348 e. The summed E-state index contributed by atoms with van der Waals surface area (Å²) in [5.74, 6) is 2.39. The van der Waals surface area contributed by atoms with Crippen molar-refractivity contribution >= 4 is 22.6 Å². The lowest BCUT2D eigenvalue weighted by molar-refractivity contribution is -0.136. The number of nitrogens with zero attached hydrogens (tertiary/aromatic N) is 6. The third-order valence-electron chi connectivity index (χ3n) is 6.43. The number of benzene rings is 2. The zero-order chi connectivity index (χ0) is 23.1. The number of nitriles is 1. The lowest BCUT2D eigenvalue weighted by Gasteiger charge is -2.39. The van der Waals surface area contributed by atoms with Crippen LogP contribution in [0.4, 0.5) is 5.95 Å². The molecule has 0 spiro atoms. The van der Waals surface area contributed by atoms with Crippen LogP contribution < -0.4 is 5.32 Å². The highest BCUT2D eigenvalue weighted by Gasteiger charge is 2.39. The highest BCUT2D eigenvalue weighted by atomic mass is 16.2. The smallest absolute Gasteiger partial charge is 0.225 e. The zero-order valence-corrected chi connectivity index (χ0v) is 18.6. The number of imidazole rings is 1. The number of anilines is 1. The van der Waals surface area contributed by atoms with Crippen LogP contribution >= 0.6 is 0 Å². The second kappa shape index (κ2) is 8.27. The monoisotopic (exact) mass is 449 g/mol. The molecular weight excluding hydrogens is 426 g/mol. The van der Waals surface area contributed by atoms with E-state index in [2.05, 4.69) is 45.6 Å². The molecule has 1 saturated carbocycles. The molecule has 0 atom stereocenters. The third-order valence-corrected chi connectivity index (χ3v) is 6.43. The third kappa shape index (κ3) is 3.75. The maximum Gasteiger partial charge on any atom is 0.225 e. The summed E-state index contributed by atoms with van der Waals surface area (Å²) < 4.78 is 1.92. The van der Waals surface area contributed by atoms with Crippen LogP contribution in [0.15, 0.2) is 60.9 Å². The molecule has 168 valence electrons. The topological polar surface area (TPSA) is 99.7 Å². The average molecular weight is 450 g/mol. The van der Waals surface area contributed by atoms with Gasteiger partial charge in [0.25, 0.3) is 0 Å². The minimum Gasteiger partial charge on any atom is -0.348 e. The van der Waals surface area contributed by atoms with Crippen molar-refractivity contribution < 1.29 is 4.79 Å². The molecule has 1 saturated heterocycles. The fourth-order valence-electron chi connectivity index (χ4n) is 4.44. The predicted molar refractivity (Wildman–Crippen MR) is 128 cm³/mol. The van der Waals surface area contributed by atoms with Gasteiger partial charge < -0.3 is 10.2 Å². The van der Waals surface area contributed by atoms with Crippen molar-refractivity contribution in [2.24, 2.45) is 5.92 Å². The van der Waals surface area contributed by atoms with E-state index in [9.17, 15) is 10.1 Å². The first-order valence-corrected chi connectivity index (χ1v) is 11.5. The molecule has 0 unspecified atom stereocenters. The fourth-order valence-corrected chi connectivity index (χ4v) is 4.44. The lowest BCUT2D eigenvalue weighted by Crippen LogP contribution is -2.57. The van der Waals surface area contributed by atoms with Crippen molar-refractivity contribution in [2.75, 3.05) is 18.4 Å². The molecule has 8 nitrogen and oxygen atoms in total. The Morgan fingerprint density at radius 2 is 1.91 bits per heavy atom. The highest BCUT2D eigenvalue weighted by molar-refractivity contribution is 5.86. The molecule has 1 N–H and O–H groups in total. The van der Waals surface area contributed by atoms with Crippen LogP contribution in [0.25, 0.3) is 28.0 Å². The summed E-state index contributed by atoms with van der Waals surface area (Å²) in [7, 11) is 0. The Balaban J connectivity index is 1.29. The molecule has 2 fully saturated rings. The molecule has 8 heteroatoms. The molecular formula is C26H23N7O. The van der Waals surface area contributed by atoms with Gasteiger partial charge in [-0.15, -0.1) is 0 Å². The first-order chi connectivity index (χ1) is 16.7. The maximum atomic E-state index is 12.2. The number of likely N-dealkylation sites (tertiary alicyclic amines) is 1. The molecule has 2 aromatic carbocycles. The molecule has 1 aliphatic carbocycles. The van der Waals surface area contributed by atoms with Crippen molar-refractivity contribution in [3.05, 3.63) is 66.6 Å². The molecule has 2 aromatic heterocycles. The number of amides is 1. The van der Waals surface area contributed by atoms with E-state index < -0.39 is 0 Å². The number of hydrogen-bond donors (Lipinski definition) is 1. The van der Waals surface area contributed by atoms with Gasteiger partial charge in [0.1, 0.15) is 11.6 Å². The van der Waals surface area contributed by atoms with Crippen molar-refractivity contribution in [1.29, 1.82) is 5.26 Å². The van der Waals surface area contributed by atoms with Crippen LogP contribution in [-0.4, -0.2) is 49.5 Å². The van der Waals surface area contributed by atoms with Crippen molar-refractivity contribution in [3.8, 4) is 23.3 Å². The average Bonchev–Trinajstić information content (AvgIpc) is 3.61. The summed E-state index contributed by atoms with van der Waals surface area (Å²) in [6.07, 6.45) is 5.70. The normalized spacial score (nSPS) is 15.7. The molecule has 34 heavy (non-hydrogen) atoms. The van der Waals surface area contributed by atoms with Gasteiger partial charge in [-0.05, 0) is 35.7 Å². The van der Waals surface area contributed by atoms with Gasteiger partial charge >= 0.3 is 0 Å². The molecule has 0 radical (unpaired) electrons. The quantitative estimate of drug-likeness (QED) is 0.483. The van der Waals surface area contributed by atoms with Crippen molar-refractivity contribution in [2.45, 2.75) is 25.3 Å². The minimum absolute atomic E-state index is 0.138. The van der Waals surface area contributed by atoms with E-state index in [0.29, 0.717) is 24.9 Å². The molecule has 1 amide bonds. The van der Waals surface area contributed by atoms with Crippen LogP contribution in [0.3, 0.4) is 0 Å². The molecule has 3 heterocycles. The van der Waals surface area contributed by atoms with E-state index in [1.165, 1.54) is 0 Å². The summed E-state index contributed by atoms with van der Waals surface area (Å²) in [5, 5.41) is 15.0. The van der Waals surface area contributed by atoms with Crippen molar-refractivity contribution in [1.82, 2.24) is 24.4 Å². The number of rotatable bonds is 6. The number of nitrogens with one attached hydrogen (secondary N) is 1. The van der Waals surface area contributed by atoms with Gasteiger partial charge in [-0.3, -0.25) is 9.36 Å². The van der Waals surface area contributed by atoms with Gasteiger partial charge in [0.05, 0.1) is 30.4 Å². The van der Waals surface area contributed by atoms with Crippen LogP contribution in [-0.2, 0) is 11.2 Å². The summed E-state index contributed by atoms with van der Waals surface area (Å²) in [5.41, 5.74) is 1.71. The van der Waals surface area contributed by atoms with E-state index >= 15 is 0 Å². The first-order valence-electron chi connectivity index (χ1n) is 11.5. The fraction of sp³-hybridized carbons (Fsp3) is 0.269. The Morgan fingerprint density at radius 1 is 1.09 bits per heavy atom. The second-order valence-corrected chi connectivity index (χ2v) is 8.90. The molecule has 2 aliphatic rings. The number of fused-ring (bicyclic) bond motifs is 1. The molecule has 1 aliphatic heterocycles. The van der Waals surface area contributed by atoms with E-state index in [1.807, 2.05) is 33.7 Å². The number of carbonyl (C=O) groups excluding carboxylic acids is 1. The van der Waals surface area contributed by atoms with E-state index in [4.69, 9.17) is 4.98 Å². The molecule has 6 rings (SSSR count). The minimum atomic E-state index is 0.138. The van der Waals surface area contributed by atoms with Crippen LogP contribution in [0, 0.1) is 17.2 Å². The highest BCUT2D eigenvalue weighted by Crippen LogP contribution is 2.33. The van der Waals surface area contributed by atoms with Crippen molar-refractivity contribution in [3.63, 3.8) is 0 Å². The summed E-state index contributed by atoms with van der Waals surface area (Å²) >= 11 is 0. The Morgan fingerprint density at radius 3 is 2.71 bits per heavy atom. The van der Waals surface area contributed by atoms with Gasteiger partial charge in [0.2, 0.25) is 11.9 Å². The van der Waals surface area contributed by atoms with Crippen LogP contribution in [0.1, 0.15) is 18.5 Å². The zero-order valence-electron chi connectivity index (χ0n) is 18.6. The standard InChI is InChI=1S/C26H23N7O/c27-11-9-22-14-29-24(20-8-5-17-3-1-2-4-19(17)13-20)33(22)23-10-12-28-26(31-23)30-21-15-32(16-21)25(34)18-6-7-18/h1-5,8,10,12-14,18,21H,6-7,9,15-16H2,(H,28,30,31). The van der Waals surface area contributed by atoms with E-state index in [1.54, 1.807) is 12.4 Å². The van der Waals surface area contributed by atoms with E-state index in [-0.39, 0.29) is 24.3 Å². The first kappa shape index (κ1) is 20.4. The Labute approximate surface area is 196 Å². The van der Waals surface area contributed by atoms with Gasteiger partial charge in [-0.2, -0.15) is 10.2 Å². The Hall–Kier alpha value is -4.25. The lowest BCUT2D eigenvalue weighted by atomic mass is 10.1. The number of aromatic nitrogens is 4. The van der Waals surface area contributed by atoms with Crippen LogP contribution in [0.5, 0.6) is 0 Å². The van der Waals surface area contributed by atoms with E-state index in [0.717, 1.165) is 40.7 Å². The SMILES string of the molecule is N#CCc1cnc(-c2ccc3ccccc3c2)n1-c1ccnc(NC2CN(C(=O)C3CC3)C2)n1. The Kier molecular flexibility index (Phi) is 4.95. The number of hydrogen-bond acceptors (Lipinski definition) is 6. The number of carbonyl (C=O) groups is 1. The van der Waals surface area contributed by atoms with Gasteiger partial charge in [-0.1, -0.05) is 36.4 Å². The maximum absolute atomic E-state index is 12.2. The Bertz CT molecular complexity index is 1430. The second-order valence-electron chi connectivity index (χ2n) is 8.90. The van der Waals surface area contributed by atoms with Crippen LogP contribution in [0.2, 0.25) is 0 Å². The molecule has 0 bridgehead atoms. The summed E-state index contributed by atoms with van der Waals surface area (Å²) in [6.45, 7) is 1.35. The summed E-state index contributed by atoms with van der Waals surface area (Å²) in [6, 6.07) is 18.6. The van der Waals surface area contributed by atoms with Gasteiger partial charge in [0.15, 0.2) is 0 Å². The van der Waals surface area contributed by atoms with Gasteiger partial charge in [0, 0.05) is 30.8 Å².